The standard InChI is InChI=1S/C18H16Br2N2O5/c1-2-25-13-7-10(15(19)16(20)17(13)23)8-21-22-18(24)14-9-26-11-5-3-4-6-12(11)27-14/h3-8,14,23H,2,9H2,1H3,(H,22,24). The number of carbonyl (C=O) groups is 1. The maximum absolute atomic E-state index is 12.3. The molecule has 3 rings (SSSR count). The number of halogens is 2. The number of nitrogens with one attached hydrogen (secondary N) is 1. The van der Waals surface area contributed by atoms with E-state index in [4.69, 9.17) is 14.2 Å². The lowest BCUT2D eigenvalue weighted by atomic mass is 10.2. The van der Waals surface area contributed by atoms with Gasteiger partial charge in [-0.1, -0.05) is 12.1 Å². The van der Waals surface area contributed by atoms with Gasteiger partial charge in [0.15, 0.2) is 23.0 Å². The molecule has 2 N–H and O–H groups in total. The zero-order valence-electron chi connectivity index (χ0n) is 14.2. The van der Waals surface area contributed by atoms with Gasteiger partial charge in [-0.3, -0.25) is 4.79 Å². The van der Waals surface area contributed by atoms with Crippen LogP contribution in [0.2, 0.25) is 0 Å². The molecule has 1 aliphatic rings. The predicted molar refractivity (Wildman–Crippen MR) is 107 cm³/mol. The van der Waals surface area contributed by atoms with Crippen LogP contribution in [0.15, 0.2) is 44.4 Å². The molecule has 7 nitrogen and oxygen atoms in total. The Morgan fingerprint density at radius 1 is 1.37 bits per heavy atom. The maximum Gasteiger partial charge on any atom is 0.284 e. The van der Waals surface area contributed by atoms with Gasteiger partial charge in [0.1, 0.15) is 6.61 Å². The molecule has 27 heavy (non-hydrogen) atoms. The van der Waals surface area contributed by atoms with Crippen molar-refractivity contribution in [2.75, 3.05) is 13.2 Å². The number of nitrogens with zero attached hydrogens (tertiary/aromatic N) is 1. The van der Waals surface area contributed by atoms with Gasteiger partial charge in [0.05, 0.1) is 17.3 Å². The van der Waals surface area contributed by atoms with Gasteiger partial charge in [-0.15, -0.1) is 0 Å². The van der Waals surface area contributed by atoms with Crippen LogP contribution in [0.25, 0.3) is 0 Å². The molecule has 142 valence electrons. The Kier molecular flexibility index (Phi) is 6.22. The smallest absolute Gasteiger partial charge is 0.284 e. The molecular weight excluding hydrogens is 484 g/mol. The van der Waals surface area contributed by atoms with E-state index in [1.807, 2.05) is 13.0 Å². The van der Waals surface area contributed by atoms with Crippen LogP contribution in [0.3, 0.4) is 0 Å². The quantitative estimate of drug-likeness (QED) is 0.484. The first-order valence-corrected chi connectivity index (χ1v) is 9.65. The first-order valence-electron chi connectivity index (χ1n) is 8.06. The van der Waals surface area contributed by atoms with E-state index in [9.17, 15) is 9.90 Å². The van der Waals surface area contributed by atoms with E-state index < -0.39 is 12.0 Å². The summed E-state index contributed by atoms with van der Waals surface area (Å²) in [6.45, 7) is 2.31. The van der Waals surface area contributed by atoms with Crippen molar-refractivity contribution in [3.8, 4) is 23.0 Å². The predicted octanol–water partition coefficient (Wildman–Crippen LogP) is 3.61. The van der Waals surface area contributed by atoms with Gasteiger partial charge in [-0.05, 0) is 57.0 Å². The van der Waals surface area contributed by atoms with Gasteiger partial charge < -0.3 is 19.3 Å². The molecule has 2 aromatic carbocycles. The van der Waals surface area contributed by atoms with Crippen LogP contribution in [-0.2, 0) is 4.79 Å². The van der Waals surface area contributed by atoms with Gasteiger partial charge in [0, 0.05) is 10.0 Å². The Bertz CT molecular complexity index is 888. The molecule has 0 bridgehead atoms. The number of benzene rings is 2. The fourth-order valence-corrected chi connectivity index (χ4v) is 3.19. The molecule has 2 aromatic rings. The third-order valence-electron chi connectivity index (χ3n) is 3.65. The van der Waals surface area contributed by atoms with Crippen molar-refractivity contribution in [1.82, 2.24) is 5.43 Å². The van der Waals surface area contributed by atoms with Crippen LogP contribution in [0.4, 0.5) is 0 Å². The Hall–Kier alpha value is -2.26. The van der Waals surface area contributed by atoms with Crippen LogP contribution in [-0.4, -0.2) is 36.5 Å². The van der Waals surface area contributed by atoms with Crippen molar-refractivity contribution in [3.63, 3.8) is 0 Å². The molecule has 0 saturated carbocycles. The maximum atomic E-state index is 12.3. The van der Waals surface area contributed by atoms with Gasteiger partial charge in [0.25, 0.3) is 5.91 Å². The van der Waals surface area contributed by atoms with Crippen molar-refractivity contribution < 1.29 is 24.1 Å². The van der Waals surface area contributed by atoms with Gasteiger partial charge in [-0.2, -0.15) is 5.10 Å². The summed E-state index contributed by atoms with van der Waals surface area (Å²) in [4.78, 5) is 12.3. The van der Waals surface area contributed by atoms with Crippen LogP contribution in [0.5, 0.6) is 23.0 Å². The first kappa shape index (κ1) is 19.5. The second kappa shape index (κ2) is 8.62. The molecular formula is C18H16Br2N2O5. The summed E-state index contributed by atoms with van der Waals surface area (Å²) in [6.07, 6.45) is 0.637. The second-order valence-corrected chi connectivity index (χ2v) is 7.06. The number of hydrogen-bond acceptors (Lipinski definition) is 6. The number of para-hydroxylation sites is 2. The van der Waals surface area contributed by atoms with E-state index in [2.05, 4.69) is 42.4 Å². The number of carbonyl (C=O) groups excluding carboxylic acids is 1. The van der Waals surface area contributed by atoms with Gasteiger partial charge in [-0.25, -0.2) is 5.43 Å². The summed E-state index contributed by atoms with van der Waals surface area (Å²) in [5.41, 5.74) is 3.04. The van der Waals surface area contributed by atoms with Crippen LogP contribution in [0, 0.1) is 0 Å². The number of phenols is 1. The molecule has 0 aliphatic carbocycles. The number of aromatic hydroxyl groups is 1. The third-order valence-corrected chi connectivity index (χ3v) is 5.81. The molecule has 1 amide bonds. The van der Waals surface area contributed by atoms with Gasteiger partial charge >= 0.3 is 0 Å². The zero-order valence-corrected chi connectivity index (χ0v) is 17.4. The van der Waals surface area contributed by atoms with E-state index in [1.54, 1.807) is 24.3 Å². The molecule has 0 radical (unpaired) electrons. The summed E-state index contributed by atoms with van der Waals surface area (Å²) in [7, 11) is 0. The molecule has 0 spiro atoms. The van der Waals surface area contributed by atoms with E-state index in [1.165, 1.54) is 6.21 Å². The average molecular weight is 500 g/mol. The normalized spacial score (nSPS) is 15.6. The first-order chi connectivity index (χ1) is 13.0. The molecule has 0 fully saturated rings. The largest absolute Gasteiger partial charge is 0.503 e. The number of fused-ring (bicyclic) bond motifs is 1. The minimum absolute atomic E-state index is 0.0173. The zero-order chi connectivity index (χ0) is 19.4. The highest BCUT2D eigenvalue weighted by molar-refractivity contribution is 9.13. The van der Waals surface area contributed by atoms with E-state index in [0.29, 0.717) is 38.4 Å². The second-order valence-electron chi connectivity index (χ2n) is 5.47. The Balaban J connectivity index is 1.68. The van der Waals surface area contributed by atoms with E-state index in [0.717, 1.165) is 0 Å². The van der Waals surface area contributed by atoms with Crippen LogP contribution >= 0.6 is 31.9 Å². The van der Waals surface area contributed by atoms with Crippen LogP contribution < -0.4 is 19.6 Å². The number of ether oxygens (including phenoxy) is 3. The molecule has 1 heterocycles. The fraction of sp³-hybridized carbons (Fsp3) is 0.222. The Labute approximate surface area is 172 Å². The summed E-state index contributed by atoms with van der Waals surface area (Å²) in [5, 5.41) is 14.0. The SMILES string of the molecule is CCOc1cc(C=NNC(=O)C2COc3ccccc3O2)c(Br)c(Br)c1O. The summed E-state index contributed by atoms with van der Waals surface area (Å²) >= 11 is 6.65. The Morgan fingerprint density at radius 3 is 2.85 bits per heavy atom. The van der Waals surface area contributed by atoms with E-state index >= 15 is 0 Å². The monoisotopic (exact) mass is 498 g/mol. The van der Waals surface area contributed by atoms with Crippen molar-refractivity contribution in [1.29, 1.82) is 0 Å². The Morgan fingerprint density at radius 2 is 2.11 bits per heavy atom. The number of hydrazone groups is 1. The molecule has 0 aromatic heterocycles. The lowest BCUT2D eigenvalue weighted by Crippen LogP contribution is -2.42. The third kappa shape index (κ3) is 4.36. The van der Waals surface area contributed by atoms with Crippen LogP contribution in [0.1, 0.15) is 12.5 Å². The lowest BCUT2D eigenvalue weighted by molar-refractivity contribution is -0.130. The number of phenolic OH excluding ortho intramolecular Hbond substituents is 1. The summed E-state index contributed by atoms with van der Waals surface area (Å²) < 4.78 is 17.5. The highest BCUT2D eigenvalue weighted by Crippen LogP contribution is 2.41. The molecule has 1 aliphatic heterocycles. The highest BCUT2D eigenvalue weighted by Gasteiger charge is 2.27. The summed E-state index contributed by atoms with van der Waals surface area (Å²) in [5.74, 6) is 0.975. The fourth-order valence-electron chi connectivity index (χ4n) is 2.36. The van der Waals surface area contributed by atoms with Crippen molar-refractivity contribution in [2.45, 2.75) is 13.0 Å². The van der Waals surface area contributed by atoms with Crippen molar-refractivity contribution in [3.05, 3.63) is 44.8 Å². The minimum Gasteiger partial charge on any atom is -0.503 e. The van der Waals surface area contributed by atoms with Crippen molar-refractivity contribution >= 4 is 44.0 Å². The minimum atomic E-state index is -0.800. The highest BCUT2D eigenvalue weighted by atomic mass is 79.9. The topological polar surface area (TPSA) is 89.4 Å². The average Bonchev–Trinajstić information content (AvgIpc) is 2.69. The number of rotatable bonds is 5. The number of hydrogen-bond donors (Lipinski definition) is 2. The molecule has 1 atom stereocenters. The van der Waals surface area contributed by atoms with Crippen molar-refractivity contribution in [2.24, 2.45) is 5.10 Å². The number of amides is 1. The molecule has 0 saturated heterocycles. The molecule has 1 unspecified atom stereocenters. The van der Waals surface area contributed by atoms with E-state index in [-0.39, 0.29) is 12.4 Å². The van der Waals surface area contributed by atoms with Gasteiger partial charge in [0.2, 0.25) is 6.10 Å². The summed E-state index contributed by atoms with van der Waals surface area (Å²) in [6, 6.07) is 8.75. The molecule has 9 heteroatoms. The lowest BCUT2D eigenvalue weighted by Gasteiger charge is -2.24.